The summed E-state index contributed by atoms with van der Waals surface area (Å²) in [4.78, 5) is 49.8. The Kier molecular flexibility index (Phi) is 2.39. The predicted molar refractivity (Wildman–Crippen MR) is 52.3 cm³/mol. The number of ether oxygens (including phenoxy) is 1. The van der Waals surface area contributed by atoms with Crippen molar-refractivity contribution in [3.8, 4) is 5.75 Å². The standard InChI is InChI=1S/C9H6N2O6/c1-10-4-5-8(14)11(9(10)15)17-7(13)3-2-6(12)16-5/h2-4H,1H3/b3-2+. The van der Waals surface area contributed by atoms with Crippen molar-refractivity contribution in [3.63, 3.8) is 0 Å². The summed E-state index contributed by atoms with van der Waals surface area (Å²) in [6, 6.07) is 0. The molecule has 0 saturated carbocycles. The minimum atomic E-state index is -1.03. The normalized spacial score (nSPS) is 16.3. The fraction of sp³-hybridized carbons (Fsp3) is 0.111. The van der Waals surface area contributed by atoms with Gasteiger partial charge in [-0.15, -0.1) is 0 Å². The van der Waals surface area contributed by atoms with Crippen LogP contribution in [0, 0.1) is 0 Å². The largest absolute Gasteiger partial charge is 0.416 e. The zero-order valence-electron chi connectivity index (χ0n) is 8.58. The summed E-state index contributed by atoms with van der Waals surface area (Å²) >= 11 is 0. The van der Waals surface area contributed by atoms with Crippen molar-refractivity contribution in [2.45, 2.75) is 0 Å². The van der Waals surface area contributed by atoms with Crippen LogP contribution in [-0.4, -0.2) is 21.2 Å². The number of hydrogen-bond acceptors (Lipinski definition) is 6. The lowest BCUT2D eigenvalue weighted by molar-refractivity contribution is -0.139. The molecule has 1 aliphatic heterocycles. The first-order valence-corrected chi connectivity index (χ1v) is 4.44. The second-order valence-corrected chi connectivity index (χ2v) is 3.15. The molecule has 1 aromatic heterocycles. The average molecular weight is 238 g/mol. The Morgan fingerprint density at radius 1 is 1.06 bits per heavy atom. The van der Waals surface area contributed by atoms with E-state index in [-0.39, 0.29) is 4.73 Å². The lowest BCUT2D eigenvalue weighted by Crippen LogP contribution is -2.44. The van der Waals surface area contributed by atoms with Crippen LogP contribution < -0.4 is 20.8 Å². The SMILES string of the molecule is Cn1cc2c(=O)n(c1=O)OC(=O)/C=C/C(=O)O2. The molecular formula is C9H6N2O6. The van der Waals surface area contributed by atoms with Crippen LogP contribution in [0.1, 0.15) is 0 Å². The molecule has 88 valence electrons. The Hall–Kier alpha value is -2.64. The average Bonchev–Trinajstić information content (AvgIpc) is 2.31. The molecule has 0 aliphatic carbocycles. The van der Waals surface area contributed by atoms with E-state index >= 15 is 0 Å². The van der Waals surface area contributed by atoms with E-state index in [0.717, 1.165) is 22.9 Å². The number of carbonyl (C=O) groups is 2. The van der Waals surface area contributed by atoms with Gasteiger partial charge in [0.05, 0.1) is 6.20 Å². The Labute approximate surface area is 93.2 Å². The summed E-state index contributed by atoms with van der Waals surface area (Å²) in [5.74, 6) is -2.34. The molecule has 2 rings (SSSR count). The first-order valence-electron chi connectivity index (χ1n) is 4.44. The third-order valence-corrected chi connectivity index (χ3v) is 1.93. The molecule has 0 N–H and O–H groups in total. The number of rotatable bonds is 0. The highest BCUT2D eigenvalue weighted by atomic mass is 16.7. The van der Waals surface area contributed by atoms with Gasteiger partial charge in [-0.2, -0.15) is 0 Å². The van der Waals surface area contributed by atoms with Crippen LogP contribution in [0.3, 0.4) is 0 Å². The summed E-state index contributed by atoms with van der Waals surface area (Å²) in [6.07, 6.45) is 2.58. The number of hydrogen-bond donors (Lipinski definition) is 0. The van der Waals surface area contributed by atoms with Crippen LogP contribution in [0.25, 0.3) is 0 Å². The van der Waals surface area contributed by atoms with Gasteiger partial charge in [-0.05, 0) is 0 Å². The van der Waals surface area contributed by atoms with Gasteiger partial charge in [0.1, 0.15) is 0 Å². The van der Waals surface area contributed by atoms with Crippen LogP contribution in [0.5, 0.6) is 5.75 Å². The fourth-order valence-corrected chi connectivity index (χ4v) is 1.17. The Balaban J connectivity index is 2.76. The molecule has 0 spiro atoms. The maximum atomic E-state index is 11.6. The number of carbonyl (C=O) groups excluding carboxylic acids is 2. The van der Waals surface area contributed by atoms with Crippen molar-refractivity contribution >= 4 is 11.9 Å². The number of aromatic nitrogens is 2. The molecule has 0 radical (unpaired) electrons. The van der Waals surface area contributed by atoms with Crippen LogP contribution in [0.2, 0.25) is 0 Å². The van der Waals surface area contributed by atoms with E-state index in [1.54, 1.807) is 0 Å². The van der Waals surface area contributed by atoms with E-state index in [1.807, 2.05) is 0 Å². The maximum Gasteiger partial charge on any atom is 0.365 e. The Bertz CT molecular complexity index is 650. The van der Waals surface area contributed by atoms with E-state index in [0.29, 0.717) is 0 Å². The minimum Gasteiger partial charge on any atom is -0.416 e. The van der Waals surface area contributed by atoms with E-state index in [9.17, 15) is 19.2 Å². The molecule has 1 aromatic rings. The van der Waals surface area contributed by atoms with Crippen molar-refractivity contribution in [2.24, 2.45) is 7.05 Å². The molecule has 2 bridgehead atoms. The van der Waals surface area contributed by atoms with Crippen molar-refractivity contribution in [2.75, 3.05) is 0 Å². The predicted octanol–water partition coefficient (Wildman–Crippen LogP) is -2.02. The quantitative estimate of drug-likeness (QED) is 0.484. The second-order valence-electron chi connectivity index (χ2n) is 3.15. The summed E-state index contributed by atoms with van der Waals surface area (Å²) < 4.78 is 5.81. The fourth-order valence-electron chi connectivity index (χ4n) is 1.17. The van der Waals surface area contributed by atoms with Crippen molar-refractivity contribution < 1.29 is 19.2 Å². The molecule has 0 fully saturated rings. The van der Waals surface area contributed by atoms with Crippen LogP contribution >= 0.6 is 0 Å². The first kappa shape index (κ1) is 10.9. The zero-order valence-corrected chi connectivity index (χ0v) is 8.58. The molecule has 17 heavy (non-hydrogen) atoms. The summed E-state index contributed by atoms with van der Waals surface area (Å²) in [6.45, 7) is 0. The molecule has 8 heteroatoms. The van der Waals surface area contributed by atoms with Crippen molar-refractivity contribution in [3.05, 3.63) is 39.2 Å². The van der Waals surface area contributed by atoms with Crippen molar-refractivity contribution in [1.29, 1.82) is 0 Å². The monoisotopic (exact) mass is 238 g/mol. The smallest absolute Gasteiger partial charge is 0.365 e. The van der Waals surface area contributed by atoms with E-state index in [2.05, 4.69) is 9.57 Å². The third kappa shape index (κ3) is 1.87. The highest BCUT2D eigenvalue weighted by molar-refractivity contribution is 5.92. The number of nitrogens with zero attached hydrogens (tertiary/aromatic N) is 2. The van der Waals surface area contributed by atoms with Gasteiger partial charge in [-0.25, -0.2) is 14.4 Å². The molecule has 0 unspecified atom stereocenters. The molecular weight excluding hydrogens is 232 g/mol. The highest BCUT2D eigenvalue weighted by Crippen LogP contribution is 2.01. The number of esters is 1. The number of fused-ring (bicyclic) bond motifs is 2. The molecule has 0 amide bonds. The number of aryl methyl sites for hydroxylation is 1. The lowest BCUT2D eigenvalue weighted by Gasteiger charge is -2.06. The van der Waals surface area contributed by atoms with Gasteiger partial charge < -0.3 is 9.57 Å². The summed E-state index contributed by atoms with van der Waals surface area (Å²) in [5.41, 5.74) is -1.88. The summed E-state index contributed by atoms with van der Waals surface area (Å²) in [5, 5.41) is 0. The second kappa shape index (κ2) is 3.74. The topological polar surface area (TPSA) is 96.6 Å². The molecule has 0 aromatic carbocycles. The Morgan fingerprint density at radius 3 is 2.41 bits per heavy atom. The Morgan fingerprint density at radius 2 is 1.71 bits per heavy atom. The van der Waals surface area contributed by atoms with Crippen molar-refractivity contribution in [1.82, 2.24) is 9.30 Å². The summed E-state index contributed by atoms with van der Waals surface area (Å²) in [7, 11) is 1.31. The molecule has 2 heterocycles. The van der Waals surface area contributed by atoms with Gasteiger partial charge in [0.2, 0.25) is 5.75 Å². The van der Waals surface area contributed by atoms with Crippen LogP contribution in [-0.2, 0) is 16.6 Å². The molecule has 1 aliphatic rings. The van der Waals surface area contributed by atoms with Gasteiger partial charge >= 0.3 is 23.2 Å². The van der Waals surface area contributed by atoms with Crippen LogP contribution in [0.4, 0.5) is 0 Å². The zero-order chi connectivity index (χ0) is 12.6. The van der Waals surface area contributed by atoms with Gasteiger partial charge in [0.25, 0.3) is 0 Å². The van der Waals surface area contributed by atoms with E-state index in [1.165, 1.54) is 7.05 Å². The van der Waals surface area contributed by atoms with Gasteiger partial charge in [-0.1, -0.05) is 4.73 Å². The van der Waals surface area contributed by atoms with Crippen LogP contribution in [0.15, 0.2) is 27.9 Å². The van der Waals surface area contributed by atoms with E-state index in [4.69, 9.17) is 0 Å². The molecule has 0 saturated heterocycles. The van der Waals surface area contributed by atoms with Gasteiger partial charge in [0, 0.05) is 19.2 Å². The maximum absolute atomic E-state index is 11.6. The first-order chi connectivity index (χ1) is 7.99. The lowest BCUT2D eigenvalue weighted by atomic mass is 10.5. The minimum absolute atomic E-state index is 0.223. The van der Waals surface area contributed by atoms with E-state index < -0.39 is 28.9 Å². The third-order valence-electron chi connectivity index (χ3n) is 1.93. The molecule has 8 nitrogen and oxygen atoms in total. The van der Waals surface area contributed by atoms with Gasteiger partial charge in [-0.3, -0.25) is 9.36 Å². The highest BCUT2D eigenvalue weighted by Gasteiger charge is 2.18. The molecule has 0 atom stereocenters. The van der Waals surface area contributed by atoms with Gasteiger partial charge in [0.15, 0.2) is 0 Å².